The summed E-state index contributed by atoms with van der Waals surface area (Å²) < 4.78 is 45.2. The number of ether oxygens (including phenoxy) is 1. The van der Waals surface area contributed by atoms with E-state index in [4.69, 9.17) is 33.0 Å². The molecule has 0 amide bonds. The van der Waals surface area contributed by atoms with Crippen molar-refractivity contribution in [2.24, 2.45) is 0 Å². The van der Waals surface area contributed by atoms with Crippen LogP contribution in [0.2, 0.25) is 10.0 Å². The van der Waals surface area contributed by atoms with Crippen molar-refractivity contribution < 1.29 is 22.7 Å². The maximum Gasteiger partial charge on any atom is 0.264 e. The fourth-order valence-electron chi connectivity index (χ4n) is 1.62. The number of sulfonamides is 1. The van der Waals surface area contributed by atoms with Crippen molar-refractivity contribution in [2.75, 3.05) is 11.8 Å². The summed E-state index contributed by atoms with van der Waals surface area (Å²) in [6.45, 7) is -0.720. The second kappa shape index (κ2) is 6.83. The van der Waals surface area contributed by atoms with E-state index in [9.17, 15) is 12.8 Å². The maximum absolute atomic E-state index is 13.6. The van der Waals surface area contributed by atoms with Gasteiger partial charge in [0.2, 0.25) is 11.8 Å². The third kappa shape index (κ3) is 3.63. The normalized spacial score (nSPS) is 11.3. The predicted octanol–water partition coefficient (Wildman–Crippen LogP) is 2.22. The summed E-state index contributed by atoms with van der Waals surface area (Å²) in [6.07, 6.45) is 0. The molecule has 0 saturated carbocycles. The molecule has 0 atom stereocenters. The summed E-state index contributed by atoms with van der Waals surface area (Å²) in [5, 5.41) is 8.78. The van der Waals surface area contributed by atoms with Crippen LogP contribution >= 0.6 is 23.2 Å². The fraction of sp³-hybridized carbons (Fsp3) is 0.167. The highest BCUT2D eigenvalue weighted by molar-refractivity contribution is 7.92. The SMILES string of the molecule is COc1nc(CO)c(F)nc1NS(=O)(=O)c1cccc(Cl)c1Cl. The van der Waals surface area contributed by atoms with Crippen molar-refractivity contribution in [2.45, 2.75) is 11.5 Å². The minimum atomic E-state index is -4.21. The average molecular weight is 382 g/mol. The van der Waals surface area contributed by atoms with Crippen LogP contribution in [0.1, 0.15) is 5.69 Å². The number of methoxy groups -OCH3 is 1. The van der Waals surface area contributed by atoms with Gasteiger partial charge >= 0.3 is 0 Å². The van der Waals surface area contributed by atoms with E-state index in [0.717, 1.165) is 0 Å². The molecular weight excluding hydrogens is 372 g/mol. The molecule has 0 aliphatic carbocycles. The molecule has 0 unspecified atom stereocenters. The van der Waals surface area contributed by atoms with Gasteiger partial charge in [-0.15, -0.1) is 0 Å². The predicted molar refractivity (Wildman–Crippen MR) is 81.7 cm³/mol. The topological polar surface area (TPSA) is 101 Å². The van der Waals surface area contributed by atoms with E-state index < -0.39 is 28.4 Å². The Morgan fingerprint density at radius 2 is 2.04 bits per heavy atom. The zero-order chi connectivity index (χ0) is 17.2. The third-order valence-electron chi connectivity index (χ3n) is 2.67. The van der Waals surface area contributed by atoms with Crippen LogP contribution < -0.4 is 9.46 Å². The van der Waals surface area contributed by atoms with Gasteiger partial charge in [-0.2, -0.15) is 9.37 Å². The first-order chi connectivity index (χ1) is 10.8. The van der Waals surface area contributed by atoms with Gasteiger partial charge in [0.25, 0.3) is 15.9 Å². The first-order valence-electron chi connectivity index (χ1n) is 5.98. The monoisotopic (exact) mass is 381 g/mol. The molecule has 1 aromatic carbocycles. The molecule has 2 N–H and O–H groups in total. The van der Waals surface area contributed by atoms with E-state index in [1.54, 1.807) is 0 Å². The highest BCUT2D eigenvalue weighted by Gasteiger charge is 2.23. The van der Waals surface area contributed by atoms with Gasteiger partial charge in [0.15, 0.2) is 0 Å². The first-order valence-corrected chi connectivity index (χ1v) is 8.22. The molecule has 1 heterocycles. The summed E-state index contributed by atoms with van der Waals surface area (Å²) in [4.78, 5) is 6.71. The lowest BCUT2D eigenvalue weighted by molar-refractivity contribution is 0.265. The highest BCUT2D eigenvalue weighted by atomic mass is 35.5. The van der Waals surface area contributed by atoms with Crippen LogP contribution in [0.25, 0.3) is 0 Å². The summed E-state index contributed by atoms with van der Waals surface area (Å²) in [6, 6.07) is 4.02. The number of aliphatic hydroxyl groups is 1. The molecule has 7 nitrogen and oxygen atoms in total. The van der Waals surface area contributed by atoms with E-state index in [2.05, 4.69) is 9.97 Å². The minimum Gasteiger partial charge on any atom is -0.478 e. The molecule has 1 aromatic heterocycles. The van der Waals surface area contributed by atoms with Gasteiger partial charge in [-0.3, -0.25) is 4.72 Å². The fourth-order valence-corrected chi connectivity index (χ4v) is 3.38. The quantitative estimate of drug-likeness (QED) is 0.823. The lowest BCUT2D eigenvalue weighted by Gasteiger charge is -2.12. The summed E-state index contributed by atoms with van der Waals surface area (Å²) in [5.41, 5.74) is -0.384. The van der Waals surface area contributed by atoms with E-state index in [1.807, 2.05) is 4.72 Å². The third-order valence-corrected chi connectivity index (χ3v) is 4.98. The Labute approximate surface area is 141 Å². The molecule has 23 heavy (non-hydrogen) atoms. The van der Waals surface area contributed by atoms with Gasteiger partial charge in [0, 0.05) is 0 Å². The Bertz CT molecular complexity index is 848. The molecule has 0 aliphatic heterocycles. The Kier molecular flexibility index (Phi) is 5.25. The smallest absolute Gasteiger partial charge is 0.264 e. The number of nitrogens with one attached hydrogen (secondary N) is 1. The molecule has 0 aliphatic rings. The minimum absolute atomic E-state index is 0.0365. The number of halogens is 3. The van der Waals surface area contributed by atoms with Crippen LogP contribution in [-0.2, 0) is 16.6 Å². The molecule has 124 valence electrons. The van der Waals surface area contributed by atoms with Crippen molar-refractivity contribution in [1.82, 2.24) is 9.97 Å². The van der Waals surface area contributed by atoms with Crippen molar-refractivity contribution in [3.63, 3.8) is 0 Å². The van der Waals surface area contributed by atoms with E-state index >= 15 is 0 Å². The molecule has 0 bridgehead atoms. The van der Waals surface area contributed by atoms with Gasteiger partial charge in [-0.25, -0.2) is 13.4 Å². The van der Waals surface area contributed by atoms with Crippen LogP contribution in [0.15, 0.2) is 23.1 Å². The van der Waals surface area contributed by atoms with Crippen LogP contribution in [-0.4, -0.2) is 30.6 Å². The van der Waals surface area contributed by atoms with Crippen LogP contribution in [0.4, 0.5) is 10.2 Å². The summed E-state index contributed by atoms with van der Waals surface area (Å²) in [7, 11) is -3.03. The van der Waals surface area contributed by atoms with Gasteiger partial charge in [0.05, 0.1) is 23.8 Å². The number of aromatic nitrogens is 2. The Hall–Kier alpha value is -1.68. The van der Waals surface area contributed by atoms with Gasteiger partial charge in [0.1, 0.15) is 10.6 Å². The number of hydrogen-bond donors (Lipinski definition) is 2. The molecule has 0 radical (unpaired) electrons. The summed E-state index contributed by atoms with van der Waals surface area (Å²) in [5.74, 6) is -1.93. The zero-order valence-electron chi connectivity index (χ0n) is 11.5. The highest BCUT2D eigenvalue weighted by Crippen LogP contribution is 2.31. The number of aliphatic hydroxyl groups excluding tert-OH is 1. The molecule has 0 spiro atoms. The van der Waals surface area contributed by atoms with Crippen LogP contribution in [0, 0.1) is 5.95 Å². The molecule has 0 saturated heterocycles. The van der Waals surface area contributed by atoms with Gasteiger partial charge < -0.3 is 9.84 Å². The first kappa shape index (κ1) is 17.7. The molecule has 2 rings (SSSR count). The lowest BCUT2D eigenvalue weighted by Crippen LogP contribution is -2.17. The maximum atomic E-state index is 13.6. The molecule has 2 aromatic rings. The Morgan fingerprint density at radius 1 is 1.35 bits per heavy atom. The Balaban J connectivity index is 2.49. The van der Waals surface area contributed by atoms with Crippen molar-refractivity contribution in [3.8, 4) is 5.88 Å². The largest absolute Gasteiger partial charge is 0.478 e. The van der Waals surface area contributed by atoms with Crippen LogP contribution in [0.5, 0.6) is 5.88 Å². The second-order valence-corrected chi connectivity index (χ2v) is 6.57. The zero-order valence-corrected chi connectivity index (χ0v) is 13.9. The van der Waals surface area contributed by atoms with Gasteiger partial charge in [-0.1, -0.05) is 29.3 Å². The number of hydrogen-bond acceptors (Lipinski definition) is 6. The van der Waals surface area contributed by atoms with Crippen molar-refractivity contribution in [3.05, 3.63) is 39.9 Å². The number of nitrogens with zero attached hydrogens (tertiary/aromatic N) is 2. The van der Waals surface area contributed by atoms with E-state index in [-0.39, 0.29) is 26.5 Å². The van der Waals surface area contributed by atoms with Crippen molar-refractivity contribution in [1.29, 1.82) is 0 Å². The lowest BCUT2D eigenvalue weighted by atomic mass is 10.4. The second-order valence-electron chi connectivity index (χ2n) is 4.13. The molecular formula is C12H10Cl2FN3O4S. The van der Waals surface area contributed by atoms with Crippen molar-refractivity contribution >= 4 is 39.0 Å². The van der Waals surface area contributed by atoms with Crippen LogP contribution in [0.3, 0.4) is 0 Å². The molecule has 0 fully saturated rings. The standard InChI is InChI=1S/C12H10Cl2FN3O4S/c1-22-12-11(17-10(15)7(5-19)16-12)18-23(20,21)8-4-2-3-6(13)9(8)14/h2-4,19H,5H2,1H3,(H,17,18). The Morgan fingerprint density at radius 3 is 2.65 bits per heavy atom. The van der Waals surface area contributed by atoms with E-state index in [1.165, 1.54) is 25.3 Å². The summed E-state index contributed by atoms with van der Waals surface area (Å²) >= 11 is 11.7. The average Bonchev–Trinajstić information content (AvgIpc) is 2.49. The number of rotatable bonds is 5. The molecule has 11 heteroatoms. The van der Waals surface area contributed by atoms with Gasteiger partial charge in [-0.05, 0) is 12.1 Å². The van der Waals surface area contributed by atoms with E-state index in [0.29, 0.717) is 0 Å². The number of benzene rings is 1. The number of anilines is 1.